The van der Waals surface area contributed by atoms with Crippen LogP contribution >= 0.6 is 0 Å². The second kappa shape index (κ2) is 44.0. The fraction of sp³-hybridized carbons (Fsp3) is 0.854. The number of hydrogen-bond acceptors (Lipinski definition) is 3. The Hall–Kier alpha value is -1.39. The van der Waals surface area contributed by atoms with Crippen molar-refractivity contribution in [3.63, 3.8) is 0 Å². The van der Waals surface area contributed by atoms with Crippen LogP contribution in [0.1, 0.15) is 245 Å². The molecule has 306 valence electrons. The van der Waals surface area contributed by atoms with Gasteiger partial charge in [0.2, 0.25) is 5.91 Å². The van der Waals surface area contributed by atoms with Gasteiger partial charge in [0, 0.05) is 6.42 Å². The molecule has 1 amide bonds. The van der Waals surface area contributed by atoms with E-state index in [0.29, 0.717) is 6.42 Å². The molecule has 0 spiro atoms. The van der Waals surface area contributed by atoms with Gasteiger partial charge in [-0.05, 0) is 44.9 Å². The van der Waals surface area contributed by atoms with Crippen molar-refractivity contribution in [2.75, 3.05) is 6.61 Å². The molecular formula is C48H91NO3. The van der Waals surface area contributed by atoms with Gasteiger partial charge in [-0.1, -0.05) is 230 Å². The number of unbranched alkanes of at least 4 members (excludes halogenated alkanes) is 31. The van der Waals surface area contributed by atoms with Crippen molar-refractivity contribution in [3.05, 3.63) is 36.5 Å². The minimum Gasteiger partial charge on any atom is -0.394 e. The van der Waals surface area contributed by atoms with Crippen molar-refractivity contribution in [1.29, 1.82) is 0 Å². The van der Waals surface area contributed by atoms with E-state index in [2.05, 4.69) is 43.5 Å². The van der Waals surface area contributed by atoms with Gasteiger partial charge >= 0.3 is 0 Å². The third kappa shape index (κ3) is 39.8. The number of rotatable bonds is 42. The minimum atomic E-state index is -0.867. The highest BCUT2D eigenvalue weighted by Crippen LogP contribution is 2.15. The highest BCUT2D eigenvalue weighted by Gasteiger charge is 2.17. The van der Waals surface area contributed by atoms with Gasteiger partial charge in [-0.25, -0.2) is 0 Å². The maximum atomic E-state index is 12.4. The fourth-order valence-electron chi connectivity index (χ4n) is 7.03. The summed E-state index contributed by atoms with van der Waals surface area (Å²) in [4.78, 5) is 12.4. The normalized spacial score (nSPS) is 13.2. The lowest BCUT2D eigenvalue weighted by atomic mass is 10.0. The molecule has 0 heterocycles. The quantitative estimate of drug-likeness (QED) is 0.0433. The van der Waals surface area contributed by atoms with Crippen LogP contribution in [-0.2, 0) is 4.79 Å². The second-order valence-corrected chi connectivity index (χ2v) is 15.8. The van der Waals surface area contributed by atoms with Crippen LogP contribution in [0.25, 0.3) is 0 Å². The van der Waals surface area contributed by atoms with Crippen LogP contribution in [-0.4, -0.2) is 34.9 Å². The number of aliphatic hydroxyl groups is 2. The molecule has 0 rings (SSSR count). The smallest absolute Gasteiger partial charge is 0.220 e. The number of carbonyl (C=O) groups is 1. The standard InChI is InChI=1S/C48H91NO3/c1-3-5-7-9-11-13-15-17-19-20-21-22-23-24-25-26-27-28-30-31-33-35-37-39-41-43-47(51)46(45-50)49-48(52)44-42-40-38-36-34-32-29-18-16-14-12-10-8-6-4-2/h27-28,33,35,41,43,46-47,50-51H,3-26,29-32,34,36-40,42,44-45H2,1-2H3,(H,49,52)/b28-27+,35-33+,43-41+. The highest BCUT2D eigenvalue weighted by atomic mass is 16.3. The topological polar surface area (TPSA) is 69.6 Å². The second-order valence-electron chi connectivity index (χ2n) is 15.8. The maximum Gasteiger partial charge on any atom is 0.220 e. The number of aliphatic hydroxyl groups excluding tert-OH is 2. The van der Waals surface area contributed by atoms with E-state index in [1.54, 1.807) is 6.08 Å². The van der Waals surface area contributed by atoms with Gasteiger partial charge in [0.25, 0.3) is 0 Å². The summed E-state index contributed by atoms with van der Waals surface area (Å²) in [7, 11) is 0. The predicted molar refractivity (Wildman–Crippen MR) is 230 cm³/mol. The Kier molecular flexibility index (Phi) is 42.8. The number of carbonyl (C=O) groups excluding carboxylic acids is 1. The number of amides is 1. The summed E-state index contributed by atoms with van der Waals surface area (Å²) >= 11 is 0. The van der Waals surface area contributed by atoms with E-state index in [1.165, 1.54) is 186 Å². The zero-order valence-corrected chi connectivity index (χ0v) is 35.1. The van der Waals surface area contributed by atoms with E-state index in [0.717, 1.165) is 38.5 Å². The van der Waals surface area contributed by atoms with E-state index >= 15 is 0 Å². The van der Waals surface area contributed by atoms with Gasteiger partial charge < -0.3 is 15.5 Å². The Morgan fingerprint density at radius 3 is 1.12 bits per heavy atom. The van der Waals surface area contributed by atoms with E-state index in [9.17, 15) is 15.0 Å². The molecule has 0 bridgehead atoms. The summed E-state index contributed by atoms with van der Waals surface area (Å²) in [6, 6.07) is -0.642. The lowest BCUT2D eigenvalue weighted by Gasteiger charge is -2.19. The van der Waals surface area contributed by atoms with Crippen LogP contribution in [0, 0.1) is 0 Å². The van der Waals surface area contributed by atoms with E-state index < -0.39 is 12.1 Å². The molecule has 4 heteroatoms. The zero-order chi connectivity index (χ0) is 37.8. The van der Waals surface area contributed by atoms with E-state index in [4.69, 9.17) is 0 Å². The molecule has 0 aliphatic heterocycles. The van der Waals surface area contributed by atoms with Gasteiger partial charge in [0.15, 0.2) is 0 Å². The summed E-state index contributed by atoms with van der Waals surface area (Å²) in [5, 5.41) is 23.0. The van der Waals surface area contributed by atoms with Gasteiger partial charge in [0.1, 0.15) is 0 Å². The first-order chi connectivity index (χ1) is 25.7. The van der Waals surface area contributed by atoms with Crippen LogP contribution in [0.4, 0.5) is 0 Å². The average molecular weight is 730 g/mol. The van der Waals surface area contributed by atoms with E-state index in [1.807, 2.05) is 6.08 Å². The van der Waals surface area contributed by atoms with E-state index in [-0.39, 0.29) is 12.5 Å². The molecule has 0 aromatic heterocycles. The minimum absolute atomic E-state index is 0.0759. The molecule has 0 aromatic carbocycles. The van der Waals surface area contributed by atoms with Crippen molar-refractivity contribution >= 4 is 5.91 Å². The van der Waals surface area contributed by atoms with Gasteiger partial charge in [-0.15, -0.1) is 0 Å². The predicted octanol–water partition coefficient (Wildman–Crippen LogP) is 14.6. The summed E-state index contributed by atoms with van der Waals surface area (Å²) in [5.74, 6) is -0.0759. The SMILES string of the molecule is CCCCCCCCCCCCCCCCC/C=C/CC/C=C/CC/C=C/C(O)C(CO)NC(=O)CCCCCCCCCCCCCCCCC. The molecule has 52 heavy (non-hydrogen) atoms. The van der Waals surface area contributed by atoms with Gasteiger partial charge in [-0.2, -0.15) is 0 Å². The first-order valence-corrected chi connectivity index (χ1v) is 23.2. The van der Waals surface area contributed by atoms with Crippen LogP contribution in [0.3, 0.4) is 0 Å². The molecule has 2 atom stereocenters. The van der Waals surface area contributed by atoms with Crippen molar-refractivity contribution in [1.82, 2.24) is 5.32 Å². The Morgan fingerprint density at radius 1 is 0.442 bits per heavy atom. The fourth-order valence-corrected chi connectivity index (χ4v) is 7.03. The van der Waals surface area contributed by atoms with Crippen LogP contribution in [0.15, 0.2) is 36.5 Å². The molecule has 0 fully saturated rings. The number of nitrogens with one attached hydrogen (secondary N) is 1. The first-order valence-electron chi connectivity index (χ1n) is 23.2. The maximum absolute atomic E-state index is 12.4. The Labute approximate surface area is 325 Å². The lowest BCUT2D eigenvalue weighted by Crippen LogP contribution is -2.45. The summed E-state index contributed by atoms with van der Waals surface area (Å²) < 4.78 is 0. The zero-order valence-electron chi connectivity index (χ0n) is 35.1. The largest absolute Gasteiger partial charge is 0.394 e. The molecule has 0 saturated carbocycles. The third-order valence-corrected chi connectivity index (χ3v) is 10.6. The molecule has 0 radical (unpaired) electrons. The molecule has 0 aliphatic carbocycles. The molecule has 0 saturated heterocycles. The molecule has 4 nitrogen and oxygen atoms in total. The van der Waals surface area contributed by atoms with Crippen molar-refractivity contribution < 1.29 is 15.0 Å². The Bertz CT molecular complexity index is 790. The Balaban J connectivity index is 3.60. The summed E-state index contributed by atoms with van der Waals surface area (Å²) in [6.07, 6.45) is 58.4. The number of hydrogen-bond donors (Lipinski definition) is 3. The third-order valence-electron chi connectivity index (χ3n) is 10.6. The number of allylic oxidation sites excluding steroid dienone is 5. The lowest BCUT2D eigenvalue weighted by molar-refractivity contribution is -0.123. The van der Waals surface area contributed by atoms with Gasteiger partial charge in [0.05, 0.1) is 18.8 Å². The van der Waals surface area contributed by atoms with Gasteiger partial charge in [-0.3, -0.25) is 4.79 Å². The van der Waals surface area contributed by atoms with Crippen molar-refractivity contribution in [3.8, 4) is 0 Å². The van der Waals surface area contributed by atoms with Crippen LogP contribution < -0.4 is 5.32 Å². The molecule has 0 aromatic rings. The molecule has 2 unspecified atom stereocenters. The highest BCUT2D eigenvalue weighted by molar-refractivity contribution is 5.76. The van der Waals surface area contributed by atoms with Crippen LogP contribution in [0.5, 0.6) is 0 Å². The molecule has 0 aliphatic rings. The average Bonchev–Trinajstić information content (AvgIpc) is 3.15. The molecular weight excluding hydrogens is 639 g/mol. The monoisotopic (exact) mass is 730 g/mol. The summed E-state index contributed by atoms with van der Waals surface area (Å²) in [6.45, 7) is 4.31. The Morgan fingerprint density at radius 2 is 0.750 bits per heavy atom. The van der Waals surface area contributed by atoms with Crippen LogP contribution in [0.2, 0.25) is 0 Å². The molecule has 3 N–H and O–H groups in total. The first kappa shape index (κ1) is 50.6. The van der Waals surface area contributed by atoms with Crippen molar-refractivity contribution in [2.24, 2.45) is 0 Å². The van der Waals surface area contributed by atoms with Crippen molar-refractivity contribution in [2.45, 2.75) is 257 Å². The summed E-state index contributed by atoms with van der Waals surface area (Å²) in [5.41, 5.74) is 0.